The van der Waals surface area contributed by atoms with Crippen LogP contribution in [0.4, 0.5) is 5.82 Å². The predicted octanol–water partition coefficient (Wildman–Crippen LogP) is 0.581. The van der Waals surface area contributed by atoms with Crippen LogP contribution in [0.2, 0.25) is 0 Å². The average Bonchev–Trinajstić information content (AvgIpc) is 2.46. The number of nitrogens with two attached hydrogens (primary N) is 1. The van der Waals surface area contributed by atoms with Crippen LogP contribution in [0.3, 0.4) is 0 Å². The molecule has 6 heteroatoms. The average molecular weight is 250 g/mol. The van der Waals surface area contributed by atoms with E-state index >= 15 is 0 Å². The third-order valence-electron chi connectivity index (χ3n) is 3.24. The molecule has 1 unspecified atom stereocenters. The van der Waals surface area contributed by atoms with Gasteiger partial charge in [0, 0.05) is 19.1 Å². The number of carbonyl (C=O) groups is 1. The predicted molar refractivity (Wildman–Crippen MR) is 67.4 cm³/mol. The third kappa shape index (κ3) is 2.59. The summed E-state index contributed by atoms with van der Waals surface area (Å²) in [6, 6.07) is 3.75. The lowest BCUT2D eigenvalue weighted by Crippen LogP contribution is -2.44. The minimum atomic E-state index is -0.469. The quantitative estimate of drug-likeness (QED) is 0.790. The molecule has 18 heavy (non-hydrogen) atoms. The van der Waals surface area contributed by atoms with Crippen molar-refractivity contribution in [2.75, 3.05) is 25.1 Å². The van der Waals surface area contributed by atoms with E-state index in [1.807, 2.05) is 0 Å². The van der Waals surface area contributed by atoms with Crippen LogP contribution >= 0.6 is 0 Å². The van der Waals surface area contributed by atoms with E-state index < -0.39 is 5.97 Å². The molecule has 2 N–H and O–H groups in total. The van der Waals surface area contributed by atoms with Crippen LogP contribution in [0.1, 0.15) is 29.8 Å². The zero-order valence-electron chi connectivity index (χ0n) is 10.5. The highest BCUT2D eigenvalue weighted by atomic mass is 16.5. The van der Waals surface area contributed by atoms with E-state index in [9.17, 15) is 4.79 Å². The summed E-state index contributed by atoms with van der Waals surface area (Å²) < 4.78 is 4.59. The summed E-state index contributed by atoms with van der Waals surface area (Å²) in [6.45, 7) is 1.55. The van der Waals surface area contributed by atoms with Gasteiger partial charge in [-0.3, -0.25) is 0 Å². The maximum Gasteiger partial charge on any atom is 0.358 e. The molecule has 1 atom stereocenters. The van der Waals surface area contributed by atoms with Crippen LogP contribution in [-0.2, 0) is 4.74 Å². The summed E-state index contributed by atoms with van der Waals surface area (Å²) in [7, 11) is 1.33. The summed E-state index contributed by atoms with van der Waals surface area (Å²) in [5.41, 5.74) is 5.99. The van der Waals surface area contributed by atoms with Crippen molar-refractivity contribution in [3.63, 3.8) is 0 Å². The molecule has 1 aliphatic rings. The van der Waals surface area contributed by atoms with Gasteiger partial charge in [-0.05, 0) is 31.4 Å². The summed E-state index contributed by atoms with van der Waals surface area (Å²) in [6.07, 6.45) is 3.42. The van der Waals surface area contributed by atoms with E-state index in [2.05, 4.69) is 19.8 Å². The second kappa shape index (κ2) is 5.77. The largest absolute Gasteiger partial charge is 0.464 e. The number of hydrogen-bond acceptors (Lipinski definition) is 6. The fourth-order valence-corrected chi connectivity index (χ4v) is 2.24. The molecule has 0 spiro atoms. The number of aromatic nitrogens is 2. The monoisotopic (exact) mass is 250 g/mol. The second-order valence-electron chi connectivity index (χ2n) is 4.35. The zero-order chi connectivity index (χ0) is 13.0. The van der Waals surface area contributed by atoms with Gasteiger partial charge in [-0.25, -0.2) is 4.79 Å². The molecule has 98 valence electrons. The van der Waals surface area contributed by atoms with Crippen LogP contribution in [0.15, 0.2) is 12.1 Å². The molecular weight excluding hydrogens is 232 g/mol. The SMILES string of the molecule is COC(=O)c1ccc(N2CCCCC2CN)nn1. The van der Waals surface area contributed by atoms with Gasteiger partial charge >= 0.3 is 5.97 Å². The lowest BCUT2D eigenvalue weighted by molar-refractivity contribution is 0.0592. The highest BCUT2D eigenvalue weighted by molar-refractivity contribution is 5.86. The Morgan fingerprint density at radius 3 is 2.94 bits per heavy atom. The topological polar surface area (TPSA) is 81.3 Å². The maximum absolute atomic E-state index is 11.3. The molecule has 2 rings (SSSR count). The summed E-state index contributed by atoms with van der Waals surface area (Å²) >= 11 is 0. The first kappa shape index (κ1) is 12.8. The first-order chi connectivity index (χ1) is 8.76. The molecule has 1 saturated heterocycles. The maximum atomic E-state index is 11.3. The number of hydrogen-bond donors (Lipinski definition) is 1. The third-order valence-corrected chi connectivity index (χ3v) is 3.24. The van der Waals surface area contributed by atoms with Crippen molar-refractivity contribution in [2.45, 2.75) is 25.3 Å². The van der Waals surface area contributed by atoms with Gasteiger partial charge in [0.25, 0.3) is 0 Å². The summed E-state index contributed by atoms with van der Waals surface area (Å²) in [5, 5.41) is 7.98. The van der Waals surface area contributed by atoms with Gasteiger partial charge in [0.15, 0.2) is 11.5 Å². The van der Waals surface area contributed by atoms with Crippen LogP contribution < -0.4 is 10.6 Å². The van der Waals surface area contributed by atoms with Gasteiger partial charge in [0.2, 0.25) is 0 Å². The summed E-state index contributed by atoms with van der Waals surface area (Å²) in [5.74, 6) is 0.306. The standard InChI is InChI=1S/C12H18N4O2/c1-18-12(17)10-5-6-11(15-14-10)16-7-3-2-4-9(16)8-13/h5-6,9H,2-4,7-8,13H2,1H3. The van der Waals surface area contributed by atoms with Gasteiger partial charge in [-0.1, -0.05) is 0 Å². The van der Waals surface area contributed by atoms with E-state index in [0.717, 1.165) is 25.2 Å². The van der Waals surface area contributed by atoms with Gasteiger partial charge in [-0.15, -0.1) is 10.2 Å². The van der Waals surface area contributed by atoms with Crippen molar-refractivity contribution in [2.24, 2.45) is 5.73 Å². The fourth-order valence-electron chi connectivity index (χ4n) is 2.24. The molecule has 2 heterocycles. The van der Waals surface area contributed by atoms with E-state index in [1.165, 1.54) is 13.5 Å². The first-order valence-electron chi connectivity index (χ1n) is 6.15. The van der Waals surface area contributed by atoms with Crippen LogP contribution in [0.25, 0.3) is 0 Å². The molecule has 0 amide bonds. The molecule has 0 aliphatic carbocycles. The Labute approximate surface area is 106 Å². The number of rotatable bonds is 3. The molecule has 1 aromatic rings. The molecule has 0 aromatic carbocycles. The molecule has 1 aromatic heterocycles. The minimum Gasteiger partial charge on any atom is -0.464 e. The lowest BCUT2D eigenvalue weighted by Gasteiger charge is -2.35. The Balaban J connectivity index is 2.15. The Hall–Kier alpha value is -1.69. The number of carbonyl (C=O) groups excluding carboxylic acids is 1. The molecule has 0 bridgehead atoms. The number of esters is 1. The Bertz CT molecular complexity index is 407. The molecule has 0 radical (unpaired) electrons. The molecular formula is C12H18N4O2. The molecule has 0 saturated carbocycles. The summed E-state index contributed by atoms with van der Waals surface area (Å²) in [4.78, 5) is 13.4. The van der Waals surface area contributed by atoms with Crippen molar-refractivity contribution >= 4 is 11.8 Å². The highest BCUT2D eigenvalue weighted by Gasteiger charge is 2.22. The Morgan fingerprint density at radius 2 is 2.33 bits per heavy atom. The second-order valence-corrected chi connectivity index (χ2v) is 4.35. The normalized spacial score (nSPS) is 19.7. The smallest absolute Gasteiger partial charge is 0.358 e. The number of ether oxygens (including phenoxy) is 1. The number of anilines is 1. The molecule has 6 nitrogen and oxygen atoms in total. The van der Waals surface area contributed by atoms with Gasteiger partial charge < -0.3 is 15.4 Å². The van der Waals surface area contributed by atoms with Gasteiger partial charge in [0.05, 0.1) is 7.11 Å². The zero-order valence-corrected chi connectivity index (χ0v) is 10.5. The molecule has 1 fully saturated rings. The minimum absolute atomic E-state index is 0.225. The van der Waals surface area contributed by atoms with Crippen LogP contribution in [-0.4, -0.2) is 42.4 Å². The molecule has 1 aliphatic heterocycles. The van der Waals surface area contributed by atoms with Crippen molar-refractivity contribution in [1.82, 2.24) is 10.2 Å². The van der Waals surface area contributed by atoms with E-state index in [0.29, 0.717) is 12.6 Å². The van der Waals surface area contributed by atoms with Crippen molar-refractivity contribution in [3.8, 4) is 0 Å². The van der Waals surface area contributed by atoms with Gasteiger partial charge in [-0.2, -0.15) is 0 Å². The van der Waals surface area contributed by atoms with Crippen molar-refractivity contribution < 1.29 is 9.53 Å². The highest BCUT2D eigenvalue weighted by Crippen LogP contribution is 2.22. The van der Waals surface area contributed by atoms with Crippen molar-refractivity contribution in [3.05, 3.63) is 17.8 Å². The number of nitrogens with zero attached hydrogens (tertiary/aromatic N) is 3. The van der Waals surface area contributed by atoms with Gasteiger partial charge in [0.1, 0.15) is 0 Å². The Kier molecular flexibility index (Phi) is 4.09. The number of methoxy groups -OCH3 is 1. The van der Waals surface area contributed by atoms with E-state index in [1.54, 1.807) is 12.1 Å². The van der Waals surface area contributed by atoms with Crippen molar-refractivity contribution in [1.29, 1.82) is 0 Å². The Morgan fingerprint density at radius 1 is 1.50 bits per heavy atom. The lowest BCUT2D eigenvalue weighted by atomic mass is 10.0. The van der Waals surface area contributed by atoms with E-state index in [4.69, 9.17) is 5.73 Å². The fraction of sp³-hybridized carbons (Fsp3) is 0.583. The first-order valence-corrected chi connectivity index (χ1v) is 6.15. The number of piperidine rings is 1. The van der Waals surface area contributed by atoms with Crippen LogP contribution in [0, 0.1) is 0 Å². The van der Waals surface area contributed by atoms with E-state index in [-0.39, 0.29) is 5.69 Å². The van der Waals surface area contributed by atoms with Crippen LogP contribution in [0.5, 0.6) is 0 Å².